The highest BCUT2D eigenvalue weighted by Crippen LogP contribution is 2.25. The minimum atomic E-state index is -1.03. The predicted molar refractivity (Wildman–Crippen MR) is 107 cm³/mol. The Morgan fingerprint density at radius 2 is 1.82 bits per heavy atom. The van der Waals surface area contributed by atoms with E-state index in [1.807, 2.05) is 24.3 Å². The van der Waals surface area contributed by atoms with E-state index in [1.165, 1.54) is 38.3 Å². The second-order valence-corrected chi connectivity index (χ2v) is 7.59. The summed E-state index contributed by atoms with van der Waals surface area (Å²) in [6, 6.07) is 10.1. The van der Waals surface area contributed by atoms with Crippen LogP contribution in [0, 0.1) is 10.1 Å². The van der Waals surface area contributed by atoms with Crippen LogP contribution >= 0.6 is 11.3 Å². The van der Waals surface area contributed by atoms with Crippen LogP contribution in [0.3, 0.4) is 0 Å². The fourth-order valence-corrected chi connectivity index (χ4v) is 3.66. The lowest BCUT2D eigenvalue weighted by atomic mass is 10.1. The van der Waals surface area contributed by atoms with E-state index in [2.05, 4.69) is 10.2 Å². The Bertz CT molecular complexity index is 859. The van der Waals surface area contributed by atoms with E-state index in [1.54, 1.807) is 0 Å². The van der Waals surface area contributed by atoms with Gasteiger partial charge in [-0.05, 0) is 56.5 Å². The Kier molecular flexibility index (Phi) is 6.25. The summed E-state index contributed by atoms with van der Waals surface area (Å²) in [4.78, 5) is 36.8. The molecule has 1 aromatic heterocycles. The fourth-order valence-electron chi connectivity index (χ4n) is 2.96. The van der Waals surface area contributed by atoms with Crippen molar-refractivity contribution >= 4 is 39.6 Å². The summed E-state index contributed by atoms with van der Waals surface area (Å²) in [5.74, 6) is -1.23. The Labute approximate surface area is 166 Å². The first-order valence-corrected chi connectivity index (χ1v) is 9.87. The lowest BCUT2D eigenvalue weighted by molar-refractivity contribution is -0.380. The second-order valence-electron chi connectivity index (χ2n) is 6.53. The fraction of sp³-hybridized carbons (Fsp3) is 0.368. The van der Waals surface area contributed by atoms with Gasteiger partial charge in [-0.15, -0.1) is 0 Å². The van der Waals surface area contributed by atoms with Crippen molar-refractivity contribution in [2.24, 2.45) is 0 Å². The number of hydrogen-bond donors (Lipinski definition) is 1. The van der Waals surface area contributed by atoms with E-state index in [9.17, 15) is 19.7 Å². The zero-order valence-corrected chi connectivity index (χ0v) is 16.2. The lowest BCUT2D eigenvalue weighted by Crippen LogP contribution is -2.30. The largest absolute Gasteiger partial charge is 0.448 e. The number of nitrogens with zero attached hydrogens (tertiary/aromatic N) is 2. The minimum Gasteiger partial charge on any atom is -0.448 e. The number of piperidine rings is 1. The molecule has 1 amide bonds. The normalized spacial score (nSPS) is 15.0. The molecule has 148 valence electrons. The molecule has 8 nitrogen and oxygen atoms in total. The van der Waals surface area contributed by atoms with Crippen molar-refractivity contribution in [1.29, 1.82) is 0 Å². The molecule has 1 saturated heterocycles. The summed E-state index contributed by atoms with van der Waals surface area (Å²) in [6.45, 7) is 3.54. The number of esters is 1. The number of nitro groups is 1. The number of benzene rings is 1. The minimum absolute atomic E-state index is 0.0808. The first-order valence-electron chi connectivity index (χ1n) is 9.05. The number of hydrogen-bond acceptors (Lipinski definition) is 7. The van der Waals surface area contributed by atoms with Gasteiger partial charge in [-0.1, -0.05) is 11.3 Å². The molecule has 1 aliphatic heterocycles. The number of nitrogens with one attached hydrogen (secondary N) is 1. The standard InChI is InChI=1S/C19H21N3O5S/c1-13(27-19(24)16-9-10-17(28-16)22(25)26)18(23)20-14-5-7-15(8-6-14)21-11-3-2-4-12-21/h5-10,13H,2-4,11-12H2,1H3,(H,20,23)/t13-/m0/s1. The maximum absolute atomic E-state index is 12.3. The molecule has 0 saturated carbocycles. The Morgan fingerprint density at radius 3 is 2.43 bits per heavy atom. The molecule has 0 unspecified atom stereocenters. The Morgan fingerprint density at radius 1 is 1.14 bits per heavy atom. The molecular formula is C19H21N3O5S. The van der Waals surface area contributed by atoms with Crippen LogP contribution in [0.25, 0.3) is 0 Å². The summed E-state index contributed by atoms with van der Waals surface area (Å²) in [6.07, 6.45) is 2.61. The van der Waals surface area contributed by atoms with Crippen molar-refractivity contribution in [1.82, 2.24) is 0 Å². The third-order valence-corrected chi connectivity index (χ3v) is 5.50. The highest BCUT2D eigenvalue weighted by Gasteiger charge is 2.22. The Balaban J connectivity index is 1.54. The second kappa shape index (κ2) is 8.83. The van der Waals surface area contributed by atoms with Crippen LogP contribution in [-0.2, 0) is 9.53 Å². The van der Waals surface area contributed by atoms with Crippen LogP contribution in [0.15, 0.2) is 36.4 Å². The van der Waals surface area contributed by atoms with Gasteiger partial charge in [-0.2, -0.15) is 0 Å². The van der Waals surface area contributed by atoms with E-state index < -0.39 is 22.9 Å². The predicted octanol–water partition coefficient (Wildman–Crippen LogP) is 3.83. The lowest BCUT2D eigenvalue weighted by Gasteiger charge is -2.28. The third-order valence-electron chi connectivity index (χ3n) is 4.48. The molecule has 0 spiro atoms. The van der Waals surface area contributed by atoms with Gasteiger partial charge >= 0.3 is 11.0 Å². The van der Waals surface area contributed by atoms with Crippen molar-refractivity contribution in [2.75, 3.05) is 23.3 Å². The highest BCUT2D eigenvalue weighted by molar-refractivity contribution is 7.17. The average Bonchev–Trinajstić information content (AvgIpc) is 3.20. The molecule has 28 heavy (non-hydrogen) atoms. The van der Waals surface area contributed by atoms with E-state index in [0.29, 0.717) is 17.0 Å². The number of amides is 1. The van der Waals surface area contributed by atoms with Gasteiger partial charge in [0.2, 0.25) is 0 Å². The smallest absolute Gasteiger partial charge is 0.349 e. The van der Waals surface area contributed by atoms with E-state index in [4.69, 9.17) is 4.74 Å². The van der Waals surface area contributed by atoms with Crippen molar-refractivity contribution in [2.45, 2.75) is 32.3 Å². The average molecular weight is 403 g/mol. The molecule has 1 aliphatic rings. The molecule has 0 bridgehead atoms. The molecule has 1 aromatic carbocycles. The number of ether oxygens (including phenoxy) is 1. The van der Waals surface area contributed by atoms with Gasteiger partial charge in [-0.3, -0.25) is 14.9 Å². The van der Waals surface area contributed by atoms with E-state index in [0.717, 1.165) is 18.8 Å². The molecule has 9 heteroatoms. The van der Waals surface area contributed by atoms with Crippen LogP contribution in [0.5, 0.6) is 0 Å². The molecule has 1 fully saturated rings. The van der Waals surface area contributed by atoms with Crippen molar-refractivity contribution in [3.8, 4) is 0 Å². The van der Waals surface area contributed by atoms with Gasteiger partial charge in [0.05, 0.1) is 4.92 Å². The van der Waals surface area contributed by atoms with Crippen LogP contribution in [0.4, 0.5) is 16.4 Å². The third kappa shape index (κ3) is 4.86. The topological polar surface area (TPSA) is 102 Å². The van der Waals surface area contributed by atoms with Crippen molar-refractivity contribution < 1.29 is 19.2 Å². The van der Waals surface area contributed by atoms with Crippen molar-refractivity contribution in [3.05, 3.63) is 51.4 Å². The SMILES string of the molecule is C[C@H](OC(=O)c1ccc([N+](=O)[O-])s1)C(=O)Nc1ccc(N2CCCCC2)cc1. The van der Waals surface area contributed by atoms with Crippen LogP contribution in [0.1, 0.15) is 35.9 Å². The van der Waals surface area contributed by atoms with Crippen LogP contribution < -0.4 is 10.2 Å². The zero-order chi connectivity index (χ0) is 20.1. The van der Waals surface area contributed by atoms with Gasteiger partial charge in [0.15, 0.2) is 6.10 Å². The maximum Gasteiger partial charge on any atom is 0.349 e. The quantitative estimate of drug-likeness (QED) is 0.447. The zero-order valence-electron chi connectivity index (χ0n) is 15.4. The molecule has 0 aliphatic carbocycles. The van der Waals surface area contributed by atoms with E-state index in [-0.39, 0.29) is 9.88 Å². The van der Waals surface area contributed by atoms with Gasteiger partial charge < -0.3 is 15.0 Å². The Hall–Kier alpha value is -2.94. The summed E-state index contributed by atoms with van der Waals surface area (Å²) in [5.41, 5.74) is 1.73. The van der Waals surface area contributed by atoms with E-state index >= 15 is 0 Å². The summed E-state index contributed by atoms with van der Waals surface area (Å²) in [5, 5.41) is 13.2. The molecule has 2 aromatic rings. The highest BCUT2D eigenvalue weighted by atomic mass is 32.1. The summed E-state index contributed by atoms with van der Waals surface area (Å²) in [7, 11) is 0. The number of thiophene rings is 1. The molecule has 1 N–H and O–H groups in total. The number of rotatable bonds is 6. The van der Waals surface area contributed by atoms with Crippen LogP contribution in [0.2, 0.25) is 0 Å². The molecule has 0 radical (unpaired) electrons. The van der Waals surface area contributed by atoms with Gasteiger partial charge in [0.1, 0.15) is 4.88 Å². The van der Waals surface area contributed by atoms with Gasteiger partial charge in [0, 0.05) is 30.5 Å². The maximum atomic E-state index is 12.3. The monoisotopic (exact) mass is 403 g/mol. The number of carbonyl (C=O) groups excluding carboxylic acids is 2. The van der Waals surface area contributed by atoms with Crippen molar-refractivity contribution in [3.63, 3.8) is 0 Å². The van der Waals surface area contributed by atoms with Gasteiger partial charge in [0.25, 0.3) is 5.91 Å². The van der Waals surface area contributed by atoms with Crippen LogP contribution in [-0.4, -0.2) is 36.0 Å². The first-order chi connectivity index (χ1) is 13.4. The molecular weight excluding hydrogens is 382 g/mol. The summed E-state index contributed by atoms with van der Waals surface area (Å²) < 4.78 is 5.11. The number of anilines is 2. The molecule has 1 atom stereocenters. The number of carbonyl (C=O) groups is 2. The first kappa shape index (κ1) is 19.8. The van der Waals surface area contributed by atoms with Gasteiger partial charge in [-0.25, -0.2) is 4.79 Å². The molecule has 3 rings (SSSR count). The molecule has 2 heterocycles. The summed E-state index contributed by atoms with van der Waals surface area (Å²) >= 11 is 0.712.